The number of unbranched alkanes of at least 4 members (excludes halogenated alkanes) is 1. The summed E-state index contributed by atoms with van der Waals surface area (Å²) in [5.74, 6) is 0. The molecule has 150 valence electrons. The minimum Gasteiger partial charge on any atom is -0.372 e. The second-order valence-corrected chi connectivity index (χ2v) is 4.37. The molecule has 0 N–H and O–H groups in total. The van der Waals surface area contributed by atoms with Gasteiger partial charge in [0.25, 0.3) is 0 Å². The van der Waals surface area contributed by atoms with E-state index in [2.05, 4.69) is 16.1 Å². The highest BCUT2D eigenvalue weighted by Crippen LogP contribution is 2.47. The highest BCUT2D eigenvalue weighted by molar-refractivity contribution is 4.75. The molecule has 0 fully saturated rings. The van der Waals surface area contributed by atoms with E-state index in [1.807, 2.05) is 0 Å². The van der Waals surface area contributed by atoms with E-state index in [1.54, 1.807) is 4.74 Å². The molecular formula is C11H11F11O3. The molecule has 0 aromatic heterocycles. The minimum absolute atomic E-state index is 0.104. The average molecular weight is 400 g/mol. The summed E-state index contributed by atoms with van der Waals surface area (Å²) in [5.41, 5.74) is 0. The molecule has 0 rings (SSSR count). The van der Waals surface area contributed by atoms with E-state index >= 15 is 0 Å². The molecule has 0 heterocycles. The van der Waals surface area contributed by atoms with E-state index < -0.39 is 43.8 Å². The Labute approximate surface area is 133 Å². The summed E-state index contributed by atoms with van der Waals surface area (Å²) >= 11 is 0. The Kier molecular flexibility index (Phi) is 7.66. The van der Waals surface area contributed by atoms with Gasteiger partial charge in [-0.2, -0.15) is 48.3 Å². The van der Waals surface area contributed by atoms with Crippen molar-refractivity contribution in [3.8, 4) is 0 Å². The molecule has 0 radical (unpaired) electrons. The van der Waals surface area contributed by atoms with Gasteiger partial charge < -0.3 is 4.74 Å². The van der Waals surface area contributed by atoms with Crippen molar-refractivity contribution in [1.82, 2.24) is 0 Å². The zero-order chi connectivity index (χ0) is 20.2. The molecule has 0 atom stereocenters. The Morgan fingerprint density at radius 3 is 1.64 bits per heavy atom. The summed E-state index contributed by atoms with van der Waals surface area (Å²) in [6, 6.07) is 0. The number of halogens is 11. The lowest BCUT2D eigenvalue weighted by molar-refractivity contribution is -0.537. The van der Waals surface area contributed by atoms with Crippen LogP contribution in [0, 0.1) is 0 Å². The monoisotopic (exact) mass is 400 g/mol. The third kappa shape index (κ3) is 7.32. The maximum absolute atomic E-state index is 13.0. The summed E-state index contributed by atoms with van der Waals surface area (Å²) in [6.07, 6.45) is -30.2. The van der Waals surface area contributed by atoms with Crippen molar-refractivity contribution in [2.75, 3.05) is 13.2 Å². The first-order valence-corrected chi connectivity index (χ1v) is 6.14. The van der Waals surface area contributed by atoms with Crippen LogP contribution in [0.5, 0.6) is 0 Å². The van der Waals surface area contributed by atoms with Gasteiger partial charge in [0.2, 0.25) is 0 Å². The lowest BCUT2D eigenvalue weighted by Crippen LogP contribution is -2.55. The molecule has 0 aromatic rings. The SMILES string of the molecule is C=CCCCOCC(F)(F)OC(F)(F)C(F)(F)OC(F)(F)C(F)(F)F. The van der Waals surface area contributed by atoms with Gasteiger partial charge in [-0.15, -0.1) is 6.58 Å². The minimum atomic E-state index is -6.80. The van der Waals surface area contributed by atoms with Crippen LogP contribution < -0.4 is 0 Å². The van der Waals surface area contributed by atoms with E-state index in [1.165, 1.54) is 6.08 Å². The summed E-state index contributed by atoms with van der Waals surface area (Å²) in [7, 11) is 0. The molecule has 0 saturated heterocycles. The molecule has 0 amide bonds. The molecule has 25 heavy (non-hydrogen) atoms. The van der Waals surface area contributed by atoms with Crippen LogP contribution in [0.1, 0.15) is 12.8 Å². The third-order valence-electron chi connectivity index (χ3n) is 2.17. The van der Waals surface area contributed by atoms with E-state index in [0.717, 1.165) is 0 Å². The largest absolute Gasteiger partial charge is 0.483 e. The maximum atomic E-state index is 13.0. The lowest BCUT2D eigenvalue weighted by atomic mass is 10.3. The van der Waals surface area contributed by atoms with Crippen molar-refractivity contribution in [2.45, 2.75) is 43.5 Å². The van der Waals surface area contributed by atoms with Crippen LogP contribution in [0.4, 0.5) is 48.3 Å². The van der Waals surface area contributed by atoms with E-state index in [-0.39, 0.29) is 12.8 Å². The normalized spacial score (nSPS) is 14.7. The zero-order valence-corrected chi connectivity index (χ0v) is 12.0. The maximum Gasteiger partial charge on any atom is 0.483 e. The van der Waals surface area contributed by atoms with Gasteiger partial charge in [0.1, 0.15) is 6.61 Å². The van der Waals surface area contributed by atoms with Crippen molar-refractivity contribution >= 4 is 0 Å². The highest BCUT2D eigenvalue weighted by atomic mass is 19.4. The summed E-state index contributed by atoms with van der Waals surface area (Å²) in [5, 5.41) is 0. The van der Waals surface area contributed by atoms with Gasteiger partial charge in [0.15, 0.2) is 0 Å². The number of allylic oxidation sites excluding steroid dienone is 1. The van der Waals surface area contributed by atoms with Crippen molar-refractivity contribution in [3.63, 3.8) is 0 Å². The van der Waals surface area contributed by atoms with Gasteiger partial charge >= 0.3 is 30.6 Å². The Hall–Kier alpha value is -1.15. The van der Waals surface area contributed by atoms with Crippen molar-refractivity contribution in [2.24, 2.45) is 0 Å². The molecular weight excluding hydrogens is 389 g/mol. The average Bonchev–Trinajstić information content (AvgIpc) is 2.34. The summed E-state index contributed by atoms with van der Waals surface area (Å²) in [4.78, 5) is 0. The van der Waals surface area contributed by atoms with Crippen LogP contribution in [-0.4, -0.2) is 43.8 Å². The van der Waals surface area contributed by atoms with Gasteiger partial charge in [0.05, 0.1) is 0 Å². The van der Waals surface area contributed by atoms with Crippen molar-refractivity contribution < 1.29 is 62.5 Å². The van der Waals surface area contributed by atoms with E-state index in [9.17, 15) is 48.3 Å². The molecule has 14 heteroatoms. The van der Waals surface area contributed by atoms with E-state index in [0.29, 0.717) is 0 Å². The van der Waals surface area contributed by atoms with Crippen LogP contribution in [0.15, 0.2) is 12.7 Å². The third-order valence-corrected chi connectivity index (χ3v) is 2.17. The van der Waals surface area contributed by atoms with Crippen LogP contribution >= 0.6 is 0 Å². The first kappa shape index (κ1) is 23.8. The molecule has 0 spiro atoms. The standard InChI is InChI=1S/C11H11F11O3/c1-2-3-4-5-23-6-7(12,13)24-10(19,20)11(21,22)25-9(17,18)8(14,15)16/h2H,1,3-6H2. The lowest BCUT2D eigenvalue weighted by Gasteiger charge is -2.31. The van der Waals surface area contributed by atoms with Gasteiger partial charge in [-0.3, -0.25) is 0 Å². The topological polar surface area (TPSA) is 27.7 Å². The molecule has 0 saturated carbocycles. The number of alkyl halides is 11. The van der Waals surface area contributed by atoms with Gasteiger partial charge in [-0.1, -0.05) is 6.08 Å². The summed E-state index contributed by atoms with van der Waals surface area (Å²) in [6.45, 7) is 0.819. The Balaban J connectivity index is 4.93. The quantitative estimate of drug-likeness (QED) is 0.280. The van der Waals surface area contributed by atoms with Gasteiger partial charge in [-0.05, 0) is 12.8 Å². The molecule has 3 nitrogen and oxygen atoms in total. The Bertz CT molecular complexity index is 433. The number of ether oxygens (including phenoxy) is 3. The van der Waals surface area contributed by atoms with Crippen molar-refractivity contribution in [1.29, 1.82) is 0 Å². The second-order valence-electron chi connectivity index (χ2n) is 4.37. The number of hydrogen-bond donors (Lipinski definition) is 0. The fourth-order valence-corrected chi connectivity index (χ4v) is 1.08. The molecule has 0 aliphatic heterocycles. The van der Waals surface area contributed by atoms with Gasteiger partial charge in [-0.25, -0.2) is 9.47 Å². The van der Waals surface area contributed by atoms with Crippen LogP contribution in [-0.2, 0) is 14.2 Å². The predicted molar refractivity (Wildman–Crippen MR) is 58.3 cm³/mol. The first-order chi connectivity index (χ1) is 11.0. The molecule has 0 aromatic carbocycles. The smallest absolute Gasteiger partial charge is 0.372 e. The second kappa shape index (κ2) is 8.03. The van der Waals surface area contributed by atoms with E-state index in [4.69, 9.17) is 0 Å². The van der Waals surface area contributed by atoms with Crippen LogP contribution in [0.25, 0.3) is 0 Å². The predicted octanol–water partition coefficient (Wildman–Crippen LogP) is 4.94. The Morgan fingerprint density at radius 1 is 0.720 bits per heavy atom. The first-order valence-electron chi connectivity index (χ1n) is 6.14. The van der Waals surface area contributed by atoms with Crippen LogP contribution in [0.3, 0.4) is 0 Å². The fraction of sp³-hybridized carbons (Fsp3) is 0.818. The number of rotatable bonds is 11. The molecule has 0 aliphatic carbocycles. The van der Waals surface area contributed by atoms with Gasteiger partial charge in [0, 0.05) is 6.61 Å². The highest BCUT2D eigenvalue weighted by Gasteiger charge is 2.72. The molecule has 0 unspecified atom stereocenters. The fourth-order valence-electron chi connectivity index (χ4n) is 1.08. The summed E-state index contributed by atoms with van der Waals surface area (Å²) < 4.78 is 145. The van der Waals surface area contributed by atoms with Crippen LogP contribution in [0.2, 0.25) is 0 Å². The van der Waals surface area contributed by atoms with Crippen molar-refractivity contribution in [3.05, 3.63) is 12.7 Å². The Morgan fingerprint density at radius 2 is 1.20 bits per heavy atom. The molecule has 0 bridgehead atoms. The molecule has 0 aliphatic rings. The zero-order valence-electron chi connectivity index (χ0n) is 12.0. The number of hydrogen-bond acceptors (Lipinski definition) is 3.